The van der Waals surface area contributed by atoms with E-state index in [1.165, 1.54) is 10.9 Å². The zero-order valence-corrected chi connectivity index (χ0v) is 11.4. The van der Waals surface area contributed by atoms with E-state index in [1.54, 1.807) is 0 Å². The Balaban J connectivity index is 2.17. The average molecular weight is 273 g/mol. The predicted octanol–water partition coefficient (Wildman–Crippen LogP) is -0.532. The topological polar surface area (TPSA) is 93.2 Å². The van der Waals surface area contributed by atoms with Crippen molar-refractivity contribution in [2.45, 2.75) is 30.8 Å². The number of rotatable bonds is 4. The molecule has 1 aliphatic heterocycles. The highest BCUT2D eigenvalue weighted by molar-refractivity contribution is 7.89. The molecule has 0 aliphatic carbocycles. The number of hydrogen-bond donors (Lipinski definition) is 2. The summed E-state index contributed by atoms with van der Waals surface area (Å²) in [5.74, 6) is 0.0516. The smallest absolute Gasteiger partial charge is 0.246 e. The van der Waals surface area contributed by atoms with E-state index in [0.29, 0.717) is 6.54 Å². The summed E-state index contributed by atoms with van der Waals surface area (Å²) >= 11 is 0. The molecule has 1 aliphatic rings. The van der Waals surface area contributed by atoms with E-state index in [2.05, 4.69) is 14.7 Å². The maximum Gasteiger partial charge on any atom is 0.246 e. The number of aromatic nitrogens is 2. The lowest BCUT2D eigenvalue weighted by molar-refractivity contribution is 0.407. The molecule has 1 saturated heterocycles. The van der Waals surface area contributed by atoms with Gasteiger partial charge in [-0.2, -0.15) is 5.10 Å². The first kappa shape index (κ1) is 13.3. The van der Waals surface area contributed by atoms with Crippen molar-refractivity contribution in [1.82, 2.24) is 19.4 Å². The summed E-state index contributed by atoms with van der Waals surface area (Å²) < 4.78 is 28.6. The summed E-state index contributed by atoms with van der Waals surface area (Å²) in [6.07, 6.45) is 2.29. The molecule has 2 rings (SSSR count). The Morgan fingerprint density at radius 2 is 2.33 bits per heavy atom. The minimum Gasteiger partial charge on any atom is -0.381 e. The summed E-state index contributed by atoms with van der Waals surface area (Å²) in [6.45, 7) is 4.09. The fourth-order valence-electron chi connectivity index (χ4n) is 2.10. The standard InChI is InChI=1S/C10H19N5O2S/c1-3-15-7-9(10(11)12-15)18(16,17)13-8-4-5-14(2)6-8/h7-8,13H,3-6H2,1-2H3,(H2,11,12). The molecule has 0 amide bonds. The zero-order valence-electron chi connectivity index (χ0n) is 10.6. The van der Waals surface area contributed by atoms with Gasteiger partial charge >= 0.3 is 0 Å². The van der Waals surface area contributed by atoms with Crippen LogP contribution in [0.5, 0.6) is 0 Å². The molecule has 1 aromatic heterocycles. The van der Waals surface area contributed by atoms with Crippen molar-refractivity contribution in [2.75, 3.05) is 25.9 Å². The molecule has 1 aromatic rings. The molecule has 0 spiro atoms. The van der Waals surface area contributed by atoms with Crippen LogP contribution in [0, 0.1) is 0 Å². The summed E-state index contributed by atoms with van der Waals surface area (Å²) in [6, 6.07) is -0.0515. The van der Waals surface area contributed by atoms with Gasteiger partial charge in [0.15, 0.2) is 5.82 Å². The lowest BCUT2D eigenvalue weighted by Gasteiger charge is -2.12. The van der Waals surface area contributed by atoms with Gasteiger partial charge in [0.2, 0.25) is 10.0 Å². The fraction of sp³-hybridized carbons (Fsp3) is 0.700. The van der Waals surface area contributed by atoms with Crippen LogP contribution in [0.2, 0.25) is 0 Å². The molecular weight excluding hydrogens is 254 g/mol. The SMILES string of the molecule is CCn1cc(S(=O)(=O)NC2CCN(C)C2)c(N)n1. The van der Waals surface area contributed by atoms with E-state index in [1.807, 2.05) is 14.0 Å². The van der Waals surface area contributed by atoms with Crippen molar-refractivity contribution >= 4 is 15.8 Å². The van der Waals surface area contributed by atoms with Gasteiger partial charge in [0, 0.05) is 25.3 Å². The second kappa shape index (κ2) is 4.87. The van der Waals surface area contributed by atoms with Gasteiger partial charge < -0.3 is 10.6 Å². The van der Waals surface area contributed by atoms with E-state index < -0.39 is 10.0 Å². The van der Waals surface area contributed by atoms with E-state index in [9.17, 15) is 8.42 Å². The van der Waals surface area contributed by atoms with Crippen LogP contribution < -0.4 is 10.5 Å². The van der Waals surface area contributed by atoms with Gasteiger partial charge in [-0.05, 0) is 26.9 Å². The molecule has 0 aromatic carbocycles. The van der Waals surface area contributed by atoms with Gasteiger partial charge in [-0.15, -0.1) is 0 Å². The van der Waals surface area contributed by atoms with E-state index in [0.717, 1.165) is 19.5 Å². The molecule has 102 valence electrons. The van der Waals surface area contributed by atoms with E-state index >= 15 is 0 Å². The van der Waals surface area contributed by atoms with Crippen molar-refractivity contribution < 1.29 is 8.42 Å². The molecule has 8 heteroatoms. The van der Waals surface area contributed by atoms with Crippen LogP contribution >= 0.6 is 0 Å². The van der Waals surface area contributed by atoms with Crippen molar-refractivity contribution in [3.05, 3.63) is 6.20 Å². The Kier molecular flexibility index (Phi) is 3.60. The van der Waals surface area contributed by atoms with Crippen LogP contribution in [0.1, 0.15) is 13.3 Å². The summed E-state index contributed by atoms with van der Waals surface area (Å²) in [5.41, 5.74) is 5.64. The van der Waals surface area contributed by atoms with Crippen molar-refractivity contribution in [2.24, 2.45) is 0 Å². The third kappa shape index (κ3) is 2.65. The third-order valence-electron chi connectivity index (χ3n) is 3.08. The van der Waals surface area contributed by atoms with Crippen molar-refractivity contribution in [1.29, 1.82) is 0 Å². The second-order valence-corrected chi connectivity index (χ2v) is 6.29. The number of likely N-dealkylation sites (tertiary alicyclic amines) is 1. The quantitative estimate of drug-likeness (QED) is 0.769. The molecule has 1 atom stereocenters. The van der Waals surface area contributed by atoms with Crippen LogP contribution in [0.3, 0.4) is 0 Å². The van der Waals surface area contributed by atoms with Crippen LogP contribution in [0.4, 0.5) is 5.82 Å². The molecule has 0 bridgehead atoms. The monoisotopic (exact) mass is 273 g/mol. The number of anilines is 1. The van der Waals surface area contributed by atoms with Crippen LogP contribution in [-0.2, 0) is 16.6 Å². The van der Waals surface area contributed by atoms with Gasteiger partial charge in [-0.3, -0.25) is 4.68 Å². The Labute approximate surface area is 107 Å². The van der Waals surface area contributed by atoms with Gasteiger partial charge in [-0.1, -0.05) is 0 Å². The number of nitrogens with two attached hydrogens (primary N) is 1. The number of nitrogen functional groups attached to an aromatic ring is 1. The minimum absolute atomic E-state index is 0.0515. The first-order chi connectivity index (χ1) is 8.42. The van der Waals surface area contributed by atoms with Gasteiger partial charge in [0.25, 0.3) is 0 Å². The Morgan fingerprint density at radius 1 is 1.61 bits per heavy atom. The summed E-state index contributed by atoms with van der Waals surface area (Å²) in [5, 5.41) is 3.95. The molecular formula is C10H19N5O2S. The molecule has 18 heavy (non-hydrogen) atoms. The van der Waals surface area contributed by atoms with Crippen molar-refractivity contribution in [3.8, 4) is 0 Å². The number of likely N-dealkylation sites (N-methyl/N-ethyl adjacent to an activating group) is 1. The third-order valence-corrected chi connectivity index (χ3v) is 4.62. The van der Waals surface area contributed by atoms with Gasteiger partial charge in [0.05, 0.1) is 0 Å². The Hall–Kier alpha value is -1.12. The molecule has 1 fully saturated rings. The molecule has 1 unspecified atom stereocenters. The van der Waals surface area contributed by atoms with Gasteiger partial charge in [-0.25, -0.2) is 13.1 Å². The fourth-order valence-corrected chi connectivity index (χ4v) is 3.44. The Morgan fingerprint density at radius 3 is 2.83 bits per heavy atom. The number of nitrogens with zero attached hydrogens (tertiary/aromatic N) is 3. The van der Waals surface area contributed by atoms with Crippen LogP contribution in [0.15, 0.2) is 11.1 Å². The first-order valence-electron chi connectivity index (χ1n) is 5.96. The predicted molar refractivity (Wildman–Crippen MR) is 68.5 cm³/mol. The number of hydrogen-bond acceptors (Lipinski definition) is 5. The number of aryl methyl sites for hydroxylation is 1. The lowest BCUT2D eigenvalue weighted by atomic mass is 10.3. The number of nitrogens with one attached hydrogen (secondary N) is 1. The normalized spacial score (nSPS) is 21.6. The van der Waals surface area contributed by atoms with Gasteiger partial charge in [0.1, 0.15) is 4.90 Å². The lowest BCUT2D eigenvalue weighted by Crippen LogP contribution is -2.36. The maximum atomic E-state index is 12.2. The first-order valence-corrected chi connectivity index (χ1v) is 7.44. The molecule has 3 N–H and O–H groups in total. The number of sulfonamides is 1. The Bertz CT molecular complexity index is 524. The van der Waals surface area contributed by atoms with E-state index in [-0.39, 0.29) is 16.8 Å². The van der Waals surface area contributed by atoms with E-state index in [4.69, 9.17) is 5.73 Å². The molecule has 7 nitrogen and oxygen atoms in total. The molecule has 0 radical (unpaired) electrons. The molecule has 2 heterocycles. The highest BCUT2D eigenvalue weighted by Crippen LogP contribution is 2.18. The summed E-state index contributed by atoms with van der Waals surface area (Å²) in [7, 11) is -1.60. The van der Waals surface area contributed by atoms with Crippen LogP contribution in [-0.4, -0.2) is 49.3 Å². The van der Waals surface area contributed by atoms with Crippen molar-refractivity contribution in [3.63, 3.8) is 0 Å². The minimum atomic E-state index is -3.57. The highest BCUT2D eigenvalue weighted by Gasteiger charge is 2.28. The maximum absolute atomic E-state index is 12.2. The zero-order chi connectivity index (χ0) is 13.3. The summed E-state index contributed by atoms with van der Waals surface area (Å²) in [4.78, 5) is 2.16. The highest BCUT2D eigenvalue weighted by atomic mass is 32.2. The second-order valence-electron chi connectivity index (χ2n) is 4.60. The molecule has 0 saturated carbocycles. The average Bonchev–Trinajstić information content (AvgIpc) is 2.84. The van der Waals surface area contributed by atoms with Crippen LogP contribution in [0.25, 0.3) is 0 Å². The largest absolute Gasteiger partial charge is 0.381 e.